The fraction of sp³-hybridized carbons (Fsp3) is 1.00. The molecule has 0 N–H and O–H groups in total. The second kappa shape index (κ2) is 5.95. The van der Waals surface area contributed by atoms with Crippen molar-refractivity contribution in [1.82, 2.24) is 0 Å². The molecule has 0 spiro atoms. The summed E-state index contributed by atoms with van der Waals surface area (Å²) in [7, 11) is -2.55. The molecule has 13 heavy (non-hydrogen) atoms. The van der Waals surface area contributed by atoms with Crippen LogP contribution < -0.4 is 0 Å². The first-order chi connectivity index (χ1) is 6.33. The molecule has 0 radical (unpaired) electrons. The van der Waals surface area contributed by atoms with Crippen LogP contribution in [0.25, 0.3) is 0 Å². The molecule has 78 valence electrons. The van der Waals surface area contributed by atoms with Gasteiger partial charge in [0.1, 0.15) is 0 Å². The first kappa shape index (κ1) is 11.4. The maximum atomic E-state index is 5.79. The predicted molar refractivity (Wildman–Crippen MR) is 50.8 cm³/mol. The minimum atomic E-state index is -2.55. The summed E-state index contributed by atoms with van der Waals surface area (Å²) in [6.45, 7) is 4.64. The normalized spacial score (nSPS) is 23.5. The van der Waals surface area contributed by atoms with E-state index in [1.807, 2.05) is 6.92 Å². The lowest BCUT2D eigenvalue weighted by Crippen LogP contribution is -2.50. The van der Waals surface area contributed by atoms with E-state index in [4.69, 9.17) is 29.6 Å². The molecule has 1 saturated heterocycles. The molecule has 0 aromatic heterocycles. The molecule has 1 fully saturated rings. The van der Waals surface area contributed by atoms with E-state index in [1.54, 1.807) is 0 Å². The van der Waals surface area contributed by atoms with Gasteiger partial charge in [0.05, 0.1) is 31.9 Å². The molecule has 0 aliphatic carbocycles. The average molecular weight is 227 g/mol. The largest absolute Gasteiger partial charge is 0.516 e. The van der Waals surface area contributed by atoms with E-state index in [1.165, 1.54) is 0 Å². The average Bonchev–Trinajstić information content (AvgIpc) is 2.10. The Balaban J connectivity index is 2.47. The van der Waals surface area contributed by atoms with Gasteiger partial charge in [-0.15, -0.1) is 11.6 Å². The maximum Gasteiger partial charge on any atom is 0.516 e. The van der Waals surface area contributed by atoms with Gasteiger partial charge in [0.25, 0.3) is 0 Å². The van der Waals surface area contributed by atoms with Crippen LogP contribution in [0.5, 0.6) is 0 Å². The van der Waals surface area contributed by atoms with Crippen LogP contribution in [0.4, 0.5) is 0 Å². The van der Waals surface area contributed by atoms with Crippen molar-refractivity contribution in [3.63, 3.8) is 0 Å². The van der Waals surface area contributed by atoms with Crippen LogP contribution >= 0.6 is 11.6 Å². The Morgan fingerprint density at radius 3 is 2.31 bits per heavy atom. The van der Waals surface area contributed by atoms with Gasteiger partial charge in [-0.25, -0.2) is 0 Å². The fourth-order valence-electron chi connectivity index (χ4n) is 1.07. The number of hydrogen-bond donors (Lipinski definition) is 0. The van der Waals surface area contributed by atoms with Gasteiger partial charge in [0.2, 0.25) is 0 Å². The minimum absolute atomic E-state index is 0.306. The lowest BCUT2D eigenvalue weighted by atomic mass is 10.7. The monoisotopic (exact) mass is 226 g/mol. The number of hydrogen-bond acceptors (Lipinski definition) is 4. The van der Waals surface area contributed by atoms with Gasteiger partial charge in [-0.05, 0) is 6.92 Å². The van der Waals surface area contributed by atoms with Gasteiger partial charge in [0, 0.05) is 6.61 Å². The van der Waals surface area contributed by atoms with Crippen molar-refractivity contribution < 1.29 is 18.0 Å². The van der Waals surface area contributed by atoms with Gasteiger partial charge in [0.15, 0.2) is 0 Å². The number of ether oxygens (including phenoxy) is 1. The van der Waals surface area contributed by atoms with Crippen LogP contribution in [-0.2, 0) is 18.0 Å². The molecule has 0 amide bonds. The van der Waals surface area contributed by atoms with Gasteiger partial charge >= 0.3 is 8.80 Å². The molecule has 0 atom stereocenters. The number of alkyl halides is 1. The van der Waals surface area contributed by atoms with Gasteiger partial charge in [-0.3, -0.25) is 0 Å². The third kappa shape index (κ3) is 3.53. The Morgan fingerprint density at radius 2 is 1.85 bits per heavy atom. The van der Waals surface area contributed by atoms with Crippen LogP contribution in [0.2, 0.25) is 0 Å². The molecule has 0 unspecified atom stereocenters. The van der Waals surface area contributed by atoms with E-state index in [9.17, 15) is 0 Å². The zero-order valence-corrected chi connectivity index (χ0v) is 9.51. The molecular formula is C7H15ClO4Si. The molecule has 0 aromatic rings. The zero-order chi connectivity index (χ0) is 9.57. The molecule has 0 saturated carbocycles. The van der Waals surface area contributed by atoms with Crippen molar-refractivity contribution in [3.8, 4) is 0 Å². The second-order valence-electron chi connectivity index (χ2n) is 2.56. The zero-order valence-electron chi connectivity index (χ0n) is 7.75. The molecular weight excluding hydrogens is 212 g/mol. The summed E-state index contributed by atoms with van der Waals surface area (Å²) in [5.41, 5.74) is 0.306. The maximum absolute atomic E-state index is 5.79. The first-order valence-electron chi connectivity index (χ1n) is 4.38. The van der Waals surface area contributed by atoms with Crippen LogP contribution in [0, 0.1) is 0 Å². The Hall–Kier alpha value is 0.347. The summed E-state index contributed by atoms with van der Waals surface area (Å²) in [5, 5.41) is 0. The quantitative estimate of drug-likeness (QED) is 0.527. The van der Waals surface area contributed by atoms with E-state index < -0.39 is 8.80 Å². The molecule has 1 rings (SSSR count). The van der Waals surface area contributed by atoms with Crippen LogP contribution in [0.15, 0.2) is 0 Å². The topological polar surface area (TPSA) is 36.9 Å². The fourth-order valence-corrected chi connectivity index (χ4v) is 3.48. The van der Waals surface area contributed by atoms with Crippen molar-refractivity contribution in [2.45, 2.75) is 6.92 Å². The second-order valence-corrected chi connectivity index (χ2v) is 5.86. The van der Waals surface area contributed by atoms with E-state index in [0.29, 0.717) is 38.5 Å². The van der Waals surface area contributed by atoms with Crippen LogP contribution in [0.1, 0.15) is 6.92 Å². The van der Waals surface area contributed by atoms with Crippen LogP contribution in [-0.4, -0.2) is 47.3 Å². The Kier molecular flexibility index (Phi) is 5.23. The summed E-state index contributed by atoms with van der Waals surface area (Å²) in [6, 6.07) is 0. The van der Waals surface area contributed by atoms with E-state index >= 15 is 0 Å². The molecule has 6 heteroatoms. The van der Waals surface area contributed by atoms with Crippen molar-refractivity contribution in [3.05, 3.63) is 0 Å². The standard InChI is InChI=1S/C7H15ClO4Si/c1-2-10-13(7-8)11-5-3-9-4-6-12-13/h2-7H2,1H3. The highest BCUT2D eigenvalue weighted by molar-refractivity contribution is 6.69. The first-order valence-corrected chi connectivity index (χ1v) is 6.85. The predicted octanol–water partition coefficient (Wildman–Crippen LogP) is 0.803. The molecule has 0 aromatic carbocycles. The molecule has 1 heterocycles. The Bertz CT molecular complexity index is 138. The third-order valence-corrected chi connectivity index (χ3v) is 4.95. The molecule has 1 aliphatic rings. The lowest BCUT2D eigenvalue weighted by molar-refractivity contribution is -0.0121. The summed E-state index contributed by atoms with van der Waals surface area (Å²) in [6.07, 6.45) is 0. The smallest absolute Gasteiger partial charge is 0.377 e. The summed E-state index contributed by atoms with van der Waals surface area (Å²) < 4.78 is 21.6. The van der Waals surface area contributed by atoms with Gasteiger partial charge in [-0.2, -0.15) is 0 Å². The van der Waals surface area contributed by atoms with E-state index in [-0.39, 0.29) is 0 Å². The van der Waals surface area contributed by atoms with E-state index in [2.05, 4.69) is 0 Å². The number of halogens is 1. The summed E-state index contributed by atoms with van der Waals surface area (Å²) >= 11 is 5.79. The Morgan fingerprint density at radius 1 is 1.23 bits per heavy atom. The number of rotatable bonds is 3. The van der Waals surface area contributed by atoms with Gasteiger partial charge < -0.3 is 18.0 Å². The highest BCUT2D eigenvalue weighted by Gasteiger charge is 2.40. The minimum Gasteiger partial charge on any atom is -0.377 e. The van der Waals surface area contributed by atoms with E-state index in [0.717, 1.165) is 0 Å². The molecule has 1 aliphatic heterocycles. The highest BCUT2D eigenvalue weighted by atomic mass is 35.5. The van der Waals surface area contributed by atoms with Crippen molar-refractivity contribution >= 4 is 20.4 Å². The summed E-state index contributed by atoms with van der Waals surface area (Å²) in [4.78, 5) is 0. The highest BCUT2D eigenvalue weighted by Crippen LogP contribution is 2.13. The third-order valence-electron chi connectivity index (χ3n) is 1.63. The SMILES string of the molecule is CCO[Si]1(CCl)OCCOCCO1. The molecule has 4 nitrogen and oxygen atoms in total. The van der Waals surface area contributed by atoms with Crippen molar-refractivity contribution in [2.24, 2.45) is 0 Å². The Labute approximate surface area is 84.4 Å². The van der Waals surface area contributed by atoms with Crippen molar-refractivity contribution in [2.75, 3.05) is 38.5 Å². The van der Waals surface area contributed by atoms with Crippen molar-refractivity contribution in [1.29, 1.82) is 0 Å². The molecule has 0 bridgehead atoms. The van der Waals surface area contributed by atoms with Crippen LogP contribution in [0.3, 0.4) is 0 Å². The summed E-state index contributed by atoms with van der Waals surface area (Å²) in [5.74, 6) is 0. The van der Waals surface area contributed by atoms with Gasteiger partial charge in [-0.1, -0.05) is 0 Å². The lowest BCUT2D eigenvalue weighted by Gasteiger charge is -2.29.